The second-order valence-corrected chi connectivity index (χ2v) is 4.04. The third-order valence-corrected chi connectivity index (χ3v) is 2.82. The Kier molecular flexibility index (Phi) is 3.74. The van der Waals surface area contributed by atoms with Gasteiger partial charge >= 0.3 is 5.97 Å². The zero-order valence-electron chi connectivity index (χ0n) is 10.8. The molecule has 0 bridgehead atoms. The first-order chi connectivity index (χ1) is 9.13. The molecular weight excluding hydrogens is 246 g/mol. The molecule has 0 atom stereocenters. The van der Waals surface area contributed by atoms with Gasteiger partial charge in [0.05, 0.1) is 6.54 Å². The number of aromatic nitrogens is 4. The van der Waals surface area contributed by atoms with Crippen LogP contribution in [0.1, 0.15) is 28.7 Å². The number of carboxylic acids is 1. The molecule has 2 heterocycles. The average Bonchev–Trinajstić information content (AvgIpc) is 2.83. The molecule has 2 aromatic rings. The zero-order chi connectivity index (χ0) is 13.8. The van der Waals surface area contributed by atoms with Crippen LogP contribution < -0.4 is 5.32 Å². The molecule has 7 nitrogen and oxygen atoms in total. The maximum absolute atomic E-state index is 11.2. The van der Waals surface area contributed by atoms with E-state index in [2.05, 4.69) is 20.5 Å². The molecule has 0 radical (unpaired) electrons. The van der Waals surface area contributed by atoms with Gasteiger partial charge in [-0.3, -0.25) is 0 Å². The van der Waals surface area contributed by atoms with E-state index in [1.54, 1.807) is 25.5 Å². The first-order valence-corrected chi connectivity index (χ1v) is 5.93. The predicted molar refractivity (Wildman–Crippen MR) is 69.0 cm³/mol. The fraction of sp³-hybridized carbons (Fsp3) is 0.333. The molecule has 0 aliphatic heterocycles. The standard InChI is InChI=1S/C12H15N5O2/c1-3-17-7-15-16-9(17)6-14-11-10(12(18)19)8(2)4-5-13-11/h4-5,7H,3,6H2,1-2H3,(H,13,14)(H,18,19). The fourth-order valence-electron chi connectivity index (χ4n) is 1.80. The molecule has 2 N–H and O–H groups in total. The van der Waals surface area contributed by atoms with Crippen LogP contribution in [0.3, 0.4) is 0 Å². The van der Waals surface area contributed by atoms with Crippen molar-refractivity contribution in [1.82, 2.24) is 19.7 Å². The molecule has 0 aliphatic rings. The summed E-state index contributed by atoms with van der Waals surface area (Å²) in [5, 5.41) is 20.0. The van der Waals surface area contributed by atoms with E-state index in [4.69, 9.17) is 0 Å². The van der Waals surface area contributed by atoms with Gasteiger partial charge in [-0.05, 0) is 25.5 Å². The Hall–Kier alpha value is -2.44. The van der Waals surface area contributed by atoms with Crippen LogP contribution in [-0.4, -0.2) is 30.8 Å². The van der Waals surface area contributed by atoms with Crippen molar-refractivity contribution < 1.29 is 9.90 Å². The van der Waals surface area contributed by atoms with Crippen LogP contribution in [0.5, 0.6) is 0 Å². The quantitative estimate of drug-likeness (QED) is 0.843. The summed E-state index contributed by atoms with van der Waals surface area (Å²) in [5.74, 6) is 0.0883. The van der Waals surface area contributed by atoms with Crippen LogP contribution in [-0.2, 0) is 13.1 Å². The molecular formula is C12H15N5O2. The smallest absolute Gasteiger partial charge is 0.339 e. The molecule has 0 aromatic carbocycles. The highest BCUT2D eigenvalue weighted by molar-refractivity contribution is 5.94. The molecule has 2 rings (SSSR count). The Morgan fingerprint density at radius 2 is 2.32 bits per heavy atom. The molecule has 0 unspecified atom stereocenters. The summed E-state index contributed by atoms with van der Waals surface area (Å²) in [6, 6.07) is 1.67. The molecule has 2 aromatic heterocycles. The summed E-state index contributed by atoms with van der Waals surface area (Å²) >= 11 is 0. The summed E-state index contributed by atoms with van der Waals surface area (Å²) in [6.07, 6.45) is 3.22. The van der Waals surface area contributed by atoms with Crippen molar-refractivity contribution in [2.45, 2.75) is 26.9 Å². The van der Waals surface area contributed by atoms with Crippen LogP contribution in [0.4, 0.5) is 5.82 Å². The van der Waals surface area contributed by atoms with E-state index in [1.807, 2.05) is 11.5 Å². The van der Waals surface area contributed by atoms with Gasteiger partial charge in [-0.15, -0.1) is 10.2 Å². The number of nitrogens with zero attached hydrogens (tertiary/aromatic N) is 4. The van der Waals surface area contributed by atoms with Crippen molar-refractivity contribution in [2.75, 3.05) is 5.32 Å². The third-order valence-electron chi connectivity index (χ3n) is 2.82. The first kappa shape index (κ1) is 13.0. The van der Waals surface area contributed by atoms with Gasteiger partial charge in [0.15, 0.2) is 5.82 Å². The highest BCUT2D eigenvalue weighted by atomic mass is 16.4. The minimum atomic E-state index is -0.995. The van der Waals surface area contributed by atoms with E-state index in [1.165, 1.54) is 0 Å². The van der Waals surface area contributed by atoms with E-state index < -0.39 is 5.97 Å². The number of aromatic carboxylic acids is 1. The maximum Gasteiger partial charge on any atom is 0.339 e. The summed E-state index contributed by atoms with van der Waals surface area (Å²) in [5.41, 5.74) is 0.854. The second kappa shape index (κ2) is 5.47. The normalized spacial score (nSPS) is 10.4. The van der Waals surface area contributed by atoms with Crippen molar-refractivity contribution in [3.05, 3.63) is 35.5 Å². The Labute approximate surface area is 110 Å². The van der Waals surface area contributed by atoms with Gasteiger partial charge in [0.2, 0.25) is 0 Å². The van der Waals surface area contributed by atoms with Crippen LogP contribution in [0.2, 0.25) is 0 Å². The van der Waals surface area contributed by atoms with Gasteiger partial charge in [0.1, 0.15) is 17.7 Å². The number of rotatable bonds is 5. The van der Waals surface area contributed by atoms with Gasteiger partial charge in [-0.2, -0.15) is 0 Å². The maximum atomic E-state index is 11.2. The number of pyridine rings is 1. The van der Waals surface area contributed by atoms with Crippen molar-refractivity contribution in [2.24, 2.45) is 0 Å². The molecule has 100 valence electrons. The second-order valence-electron chi connectivity index (χ2n) is 4.04. The van der Waals surface area contributed by atoms with Crippen LogP contribution in [0.25, 0.3) is 0 Å². The largest absolute Gasteiger partial charge is 0.478 e. The van der Waals surface area contributed by atoms with Gasteiger partial charge in [-0.25, -0.2) is 9.78 Å². The van der Waals surface area contributed by atoms with Crippen molar-refractivity contribution in [3.63, 3.8) is 0 Å². The first-order valence-electron chi connectivity index (χ1n) is 5.93. The zero-order valence-corrected chi connectivity index (χ0v) is 10.8. The number of carbonyl (C=O) groups is 1. The Morgan fingerprint density at radius 3 is 3.00 bits per heavy atom. The molecule has 0 spiro atoms. The number of hydrogen-bond acceptors (Lipinski definition) is 5. The van der Waals surface area contributed by atoms with Gasteiger partial charge in [0, 0.05) is 12.7 Å². The van der Waals surface area contributed by atoms with Crippen molar-refractivity contribution in [1.29, 1.82) is 0 Å². The highest BCUT2D eigenvalue weighted by Gasteiger charge is 2.14. The summed E-state index contributed by atoms with van der Waals surface area (Å²) in [6.45, 7) is 4.87. The number of carboxylic acid groups (broad SMARTS) is 1. The number of anilines is 1. The van der Waals surface area contributed by atoms with Crippen LogP contribution >= 0.6 is 0 Å². The summed E-state index contributed by atoms with van der Waals surface area (Å²) in [4.78, 5) is 15.3. The van der Waals surface area contributed by atoms with E-state index in [0.29, 0.717) is 17.9 Å². The lowest BCUT2D eigenvalue weighted by Crippen LogP contribution is -2.12. The summed E-state index contributed by atoms with van der Waals surface area (Å²) in [7, 11) is 0. The molecule has 0 saturated heterocycles. The lowest BCUT2D eigenvalue weighted by atomic mass is 10.1. The minimum Gasteiger partial charge on any atom is -0.478 e. The SMILES string of the molecule is CCn1cnnc1CNc1nccc(C)c1C(=O)O. The monoisotopic (exact) mass is 261 g/mol. The molecule has 0 saturated carbocycles. The van der Waals surface area contributed by atoms with Crippen molar-refractivity contribution >= 4 is 11.8 Å². The van der Waals surface area contributed by atoms with Crippen LogP contribution in [0.15, 0.2) is 18.6 Å². The Bertz CT molecular complexity index is 594. The topological polar surface area (TPSA) is 92.9 Å². The molecule has 0 fully saturated rings. The van der Waals surface area contributed by atoms with Gasteiger partial charge in [0.25, 0.3) is 0 Å². The van der Waals surface area contributed by atoms with Crippen LogP contribution in [0, 0.1) is 6.92 Å². The highest BCUT2D eigenvalue weighted by Crippen LogP contribution is 2.17. The third kappa shape index (κ3) is 2.70. The molecule has 19 heavy (non-hydrogen) atoms. The van der Waals surface area contributed by atoms with E-state index in [0.717, 1.165) is 12.4 Å². The Balaban J connectivity index is 2.20. The average molecular weight is 261 g/mol. The molecule has 7 heteroatoms. The van der Waals surface area contributed by atoms with Gasteiger partial charge < -0.3 is 15.0 Å². The lowest BCUT2D eigenvalue weighted by Gasteiger charge is -2.10. The molecule has 0 aliphatic carbocycles. The van der Waals surface area contributed by atoms with Gasteiger partial charge in [-0.1, -0.05) is 0 Å². The Morgan fingerprint density at radius 1 is 1.53 bits per heavy atom. The minimum absolute atomic E-state index is 0.185. The number of aryl methyl sites for hydroxylation is 2. The molecule has 0 amide bonds. The van der Waals surface area contributed by atoms with Crippen molar-refractivity contribution in [3.8, 4) is 0 Å². The van der Waals surface area contributed by atoms with E-state index in [-0.39, 0.29) is 5.56 Å². The predicted octanol–water partition coefficient (Wildman–Crippen LogP) is 1.31. The fourth-order valence-corrected chi connectivity index (χ4v) is 1.80. The number of hydrogen-bond donors (Lipinski definition) is 2. The van der Waals surface area contributed by atoms with E-state index >= 15 is 0 Å². The lowest BCUT2D eigenvalue weighted by molar-refractivity contribution is 0.0697. The number of nitrogens with one attached hydrogen (secondary N) is 1. The van der Waals surface area contributed by atoms with E-state index in [9.17, 15) is 9.90 Å². The summed E-state index contributed by atoms with van der Waals surface area (Å²) < 4.78 is 1.88.